The number of aliphatic hydroxyl groups excluding tert-OH is 1. The molecule has 0 aliphatic carbocycles. The van der Waals surface area contributed by atoms with Crippen LogP contribution in [-0.4, -0.2) is 29.4 Å². The molecule has 1 aromatic rings. The molecule has 0 unspecified atom stereocenters. The quantitative estimate of drug-likeness (QED) is 0.881. The predicted octanol–water partition coefficient (Wildman–Crippen LogP) is 2.04. The Morgan fingerprint density at radius 1 is 1.65 bits per heavy atom. The van der Waals surface area contributed by atoms with Gasteiger partial charge < -0.3 is 10.4 Å². The van der Waals surface area contributed by atoms with E-state index in [-0.39, 0.29) is 18.6 Å². The number of fused-ring (bicyclic) bond motifs is 1. The van der Waals surface area contributed by atoms with Gasteiger partial charge in [0, 0.05) is 10.6 Å². The van der Waals surface area contributed by atoms with Crippen molar-refractivity contribution in [1.29, 1.82) is 0 Å². The van der Waals surface area contributed by atoms with E-state index in [1.165, 1.54) is 10.4 Å². The van der Waals surface area contributed by atoms with Gasteiger partial charge >= 0.3 is 0 Å². The summed E-state index contributed by atoms with van der Waals surface area (Å²) in [7, 11) is 0. The Kier molecular flexibility index (Phi) is 4.48. The third kappa shape index (κ3) is 3.03. The lowest BCUT2D eigenvalue weighted by molar-refractivity contribution is 0.0919. The van der Waals surface area contributed by atoms with Crippen molar-refractivity contribution < 1.29 is 9.90 Å². The Balaban J connectivity index is 2.06. The second-order valence-corrected chi connectivity index (χ2v) is 6.36. The zero-order chi connectivity index (χ0) is 12.3. The molecule has 0 fully saturated rings. The molecule has 0 spiro atoms. The summed E-state index contributed by atoms with van der Waals surface area (Å²) >= 11 is 3.52. The molecule has 1 aliphatic rings. The third-order valence-electron chi connectivity index (χ3n) is 2.90. The van der Waals surface area contributed by atoms with Crippen LogP contribution >= 0.6 is 23.1 Å². The molecule has 2 heterocycles. The Morgan fingerprint density at radius 3 is 3.12 bits per heavy atom. The molecule has 94 valence electrons. The van der Waals surface area contributed by atoms with Crippen LogP contribution in [0.4, 0.5) is 0 Å². The predicted molar refractivity (Wildman–Crippen MR) is 72.8 cm³/mol. The van der Waals surface area contributed by atoms with Gasteiger partial charge in [0.25, 0.3) is 5.91 Å². The van der Waals surface area contributed by atoms with Crippen LogP contribution in [0.25, 0.3) is 0 Å². The molecule has 0 bridgehead atoms. The molecule has 2 N–H and O–H groups in total. The van der Waals surface area contributed by atoms with Crippen LogP contribution in [0.1, 0.15) is 33.5 Å². The van der Waals surface area contributed by atoms with Gasteiger partial charge in [0.05, 0.1) is 17.5 Å². The third-order valence-corrected chi connectivity index (χ3v) is 5.14. The van der Waals surface area contributed by atoms with Crippen LogP contribution in [-0.2, 0) is 12.2 Å². The number of hydrogen-bond acceptors (Lipinski definition) is 4. The van der Waals surface area contributed by atoms with Crippen molar-refractivity contribution in [2.45, 2.75) is 31.6 Å². The molecule has 5 heteroatoms. The highest BCUT2D eigenvalue weighted by atomic mass is 32.2. The van der Waals surface area contributed by atoms with E-state index in [1.54, 1.807) is 11.3 Å². The molecule has 0 radical (unpaired) electrons. The molecule has 1 aliphatic heterocycles. The average molecular weight is 271 g/mol. The lowest BCUT2D eigenvalue weighted by atomic mass is 10.2. The fourth-order valence-electron chi connectivity index (χ4n) is 1.79. The minimum Gasteiger partial charge on any atom is -0.394 e. The zero-order valence-electron chi connectivity index (χ0n) is 9.86. The summed E-state index contributed by atoms with van der Waals surface area (Å²) in [5.74, 6) is 2.13. The lowest BCUT2D eigenvalue weighted by Gasteiger charge is -2.12. The number of aryl methyl sites for hydroxylation is 1. The van der Waals surface area contributed by atoms with Gasteiger partial charge in [-0.2, -0.15) is 11.8 Å². The molecule has 2 rings (SSSR count). The summed E-state index contributed by atoms with van der Waals surface area (Å²) in [5.41, 5.74) is 1.31. The molecule has 0 saturated carbocycles. The number of thiophene rings is 1. The first kappa shape index (κ1) is 12.9. The van der Waals surface area contributed by atoms with E-state index < -0.39 is 0 Å². The van der Waals surface area contributed by atoms with E-state index in [0.717, 1.165) is 29.2 Å². The topological polar surface area (TPSA) is 49.3 Å². The van der Waals surface area contributed by atoms with Crippen LogP contribution in [0.5, 0.6) is 0 Å². The Labute approximate surface area is 110 Å². The van der Waals surface area contributed by atoms with Gasteiger partial charge in [0.1, 0.15) is 0 Å². The van der Waals surface area contributed by atoms with Crippen molar-refractivity contribution in [1.82, 2.24) is 5.32 Å². The highest BCUT2D eigenvalue weighted by Crippen LogP contribution is 2.31. The van der Waals surface area contributed by atoms with Crippen molar-refractivity contribution in [2.24, 2.45) is 0 Å². The fourth-order valence-corrected chi connectivity index (χ4v) is 4.07. The van der Waals surface area contributed by atoms with Crippen LogP contribution in [0.3, 0.4) is 0 Å². The molecule has 3 nitrogen and oxygen atoms in total. The first-order chi connectivity index (χ1) is 8.24. The smallest absolute Gasteiger partial charge is 0.261 e. The Morgan fingerprint density at radius 2 is 2.47 bits per heavy atom. The van der Waals surface area contributed by atoms with Crippen molar-refractivity contribution in [3.63, 3.8) is 0 Å². The summed E-state index contributed by atoms with van der Waals surface area (Å²) in [4.78, 5) is 14.1. The van der Waals surface area contributed by atoms with Gasteiger partial charge in [-0.15, -0.1) is 11.3 Å². The number of carbonyl (C=O) groups excluding carboxylic acids is 1. The van der Waals surface area contributed by atoms with Crippen molar-refractivity contribution in [3.05, 3.63) is 21.4 Å². The molecule has 1 aromatic heterocycles. The highest BCUT2D eigenvalue weighted by Gasteiger charge is 2.18. The number of aliphatic hydroxyl groups is 1. The average Bonchev–Trinajstić information content (AvgIpc) is 2.79. The van der Waals surface area contributed by atoms with E-state index in [4.69, 9.17) is 5.11 Å². The summed E-state index contributed by atoms with van der Waals surface area (Å²) in [6.07, 6.45) is 1.83. The molecule has 1 atom stereocenters. The van der Waals surface area contributed by atoms with E-state index in [9.17, 15) is 4.79 Å². The molecule has 17 heavy (non-hydrogen) atoms. The second kappa shape index (κ2) is 5.89. The Hall–Kier alpha value is -0.520. The van der Waals surface area contributed by atoms with Crippen LogP contribution in [0, 0.1) is 0 Å². The number of rotatable bonds is 4. The van der Waals surface area contributed by atoms with Gasteiger partial charge in [-0.25, -0.2) is 0 Å². The first-order valence-corrected chi connectivity index (χ1v) is 7.82. The van der Waals surface area contributed by atoms with Gasteiger partial charge in [-0.1, -0.05) is 6.92 Å². The monoisotopic (exact) mass is 271 g/mol. The number of thioether (sulfide) groups is 1. The summed E-state index contributed by atoms with van der Waals surface area (Å²) < 4.78 is 0. The first-order valence-electron chi connectivity index (χ1n) is 5.85. The molecule has 0 aromatic carbocycles. The van der Waals surface area contributed by atoms with Gasteiger partial charge in [0.2, 0.25) is 0 Å². The normalized spacial score (nSPS) is 16.4. The molecule has 1 amide bonds. The van der Waals surface area contributed by atoms with Gasteiger partial charge in [0.15, 0.2) is 0 Å². The van der Waals surface area contributed by atoms with Crippen LogP contribution in [0.2, 0.25) is 0 Å². The summed E-state index contributed by atoms with van der Waals surface area (Å²) in [6, 6.07) is 1.88. The lowest BCUT2D eigenvalue weighted by Crippen LogP contribution is -2.36. The maximum Gasteiger partial charge on any atom is 0.261 e. The molecule has 0 saturated heterocycles. The maximum atomic E-state index is 12.0. The van der Waals surface area contributed by atoms with E-state index >= 15 is 0 Å². The molecular formula is C12H17NO2S2. The van der Waals surface area contributed by atoms with Gasteiger partial charge in [-0.3, -0.25) is 4.79 Å². The largest absolute Gasteiger partial charge is 0.394 e. The Bertz CT molecular complexity index is 376. The molecular weight excluding hydrogens is 254 g/mol. The van der Waals surface area contributed by atoms with Crippen LogP contribution in [0.15, 0.2) is 6.07 Å². The van der Waals surface area contributed by atoms with E-state index in [2.05, 4.69) is 5.32 Å². The fraction of sp³-hybridized carbons (Fsp3) is 0.583. The minimum absolute atomic E-state index is 0.00316. The summed E-state index contributed by atoms with van der Waals surface area (Å²) in [6.45, 7) is 1.96. The summed E-state index contributed by atoms with van der Waals surface area (Å²) in [5, 5.41) is 11.9. The van der Waals surface area contributed by atoms with E-state index in [1.807, 2.05) is 24.8 Å². The number of nitrogens with one attached hydrogen (secondary N) is 1. The number of hydrogen-bond donors (Lipinski definition) is 2. The van der Waals surface area contributed by atoms with E-state index in [0.29, 0.717) is 0 Å². The maximum absolute atomic E-state index is 12.0. The SMILES string of the molecule is CC[C@@H](CO)NC(=O)c1cc2c(s1)CCSC2. The number of amides is 1. The highest BCUT2D eigenvalue weighted by molar-refractivity contribution is 7.98. The van der Waals surface area contributed by atoms with Crippen LogP contribution < -0.4 is 5.32 Å². The minimum atomic E-state index is -0.129. The van der Waals surface area contributed by atoms with Crippen molar-refractivity contribution in [2.75, 3.05) is 12.4 Å². The van der Waals surface area contributed by atoms with Crippen molar-refractivity contribution >= 4 is 29.0 Å². The number of carbonyl (C=O) groups is 1. The van der Waals surface area contributed by atoms with Gasteiger partial charge in [-0.05, 0) is 30.2 Å². The van der Waals surface area contributed by atoms with Crippen molar-refractivity contribution in [3.8, 4) is 0 Å². The standard InChI is InChI=1S/C12H17NO2S2/c1-2-9(6-14)13-12(15)11-5-8-7-16-4-3-10(8)17-11/h5,9,14H,2-4,6-7H2,1H3,(H,13,15)/t9-/m0/s1. The zero-order valence-corrected chi connectivity index (χ0v) is 11.5. The second-order valence-electron chi connectivity index (χ2n) is 4.12.